The number of carbonyl (C=O) groups is 1. The quantitative estimate of drug-likeness (QED) is 0.414. The van der Waals surface area contributed by atoms with Crippen molar-refractivity contribution in [1.82, 2.24) is 0 Å². The Morgan fingerprint density at radius 1 is 0.958 bits per heavy atom. The number of rotatable bonds is 10. The number of ether oxygens (including phenoxy) is 1. The fraction of sp³-hybridized carbons (Fsp3) is 0.955. The van der Waals surface area contributed by atoms with Gasteiger partial charge in [-0.3, -0.25) is 4.79 Å². The summed E-state index contributed by atoms with van der Waals surface area (Å²) in [7, 11) is 0. The van der Waals surface area contributed by atoms with Crippen LogP contribution in [-0.2, 0) is 9.53 Å². The molecule has 0 spiro atoms. The largest absolute Gasteiger partial charge is 0.372 e. The zero-order valence-corrected chi connectivity index (χ0v) is 17.2. The van der Waals surface area contributed by atoms with E-state index >= 15 is 0 Å². The number of hydrogen-bond donors (Lipinski definition) is 0. The van der Waals surface area contributed by atoms with E-state index in [0.29, 0.717) is 24.5 Å². The molecule has 1 saturated carbocycles. The van der Waals surface area contributed by atoms with Crippen LogP contribution in [0.25, 0.3) is 0 Å². The van der Waals surface area contributed by atoms with Gasteiger partial charge in [0, 0.05) is 12.8 Å². The Morgan fingerprint density at radius 2 is 1.50 bits per heavy atom. The summed E-state index contributed by atoms with van der Waals surface area (Å²) in [6.07, 6.45) is 12.8. The molecule has 1 rings (SSSR count). The summed E-state index contributed by atoms with van der Waals surface area (Å²) >= 11 is 0. The normalized spacial score (nSPS) is 18.8. The van der Waals surface area contributed by atoms with Gasteiger partial charge in [0.05, 0.1) is 11.7 Å². The van der Waals surface area contributed by atoms with Crippen molar-refractivity contribution in [3.05, 3.63) is 0 Å². The van der Waals surface area contributed by atoms with Crippen LogP contribution >= 0.6 is 0 Å². The van der Waals surface area contributed by atoms with Crippen LogP contribution in [-0.4, -0.2) is 17.5 Å². The van der Waals surface area contributed by atoms with Crippen molar-refractivity contribution in [3.8, 4) is 0 Å². The van der Waals surface area contributed by atoms with Gasteiger partial charge in [-0.2, -0.15) is 0 Å². The van der Waals surface area contributed by atoms with Crippen LogP contribution in [0.15, 0.2) is 0 Å². The molecule has 0 radical (unpaired) electrons. The number of hydrogen-bond acceptors (Lipinski definition) is 2. The molecule has 1 atom stereocenters. The number of unbranched alkanes of at least 4 members (excludes halogenated alkanes) is 5. The third-order valence-electron chi connectivity index (χ3n) is 5.69. The van der Waals surface area contributed by atoms with Crippen molar-refractivity contribution in [2.45, 2.75) is 124 Å². The van der Waals surface area contributed by atoms with Gasteiger partial charge in [-0.1, -0.05) is 66.2 Å². The third kappa shape index (κ3) is 7.68. The Bertz CT molecular complexity index is 355. The van der Waals surface area contributed by atoms with Crippen molar-refractivity contribution < 1.29 is 9.53 Å². The SMILES string of the molecule is CCCCCCCCC(C(C)(C)C)C(C)(C)OC1CCC(=O)CC1. The third-order valence-corrected chi connectivity index (χ3v) is 5.69. The van der Waals surface area contributed by atoms with Crippen molar-refractivity contribution in [1.29, 1.82) is 0 Å². The standard InChI is InChI=1S/C22H42O2/c1-7-8-9-10-11-12-13-20(21(2,3)4)22(5,6)24-19-16-14-18(23)15-17-19/h19-20H,7-17H2,1-6H3. The topological polar surface area (TPSA) is 26.3 Å². The Labute approximate surface area is 151 Å². The van der Waals surface area contributed by atoms with Crippen LogP contribution in [0.3, 0.4) is 0 Å². The molecule has 0 aliphatic heterocycles. The number of Topliss-reactive ketones (excluding diaryl/α,β-unsaturated/α-hetero) is 1. The van der Waals surface area contributed by atoms with E-state index in [4.69, 9.17) is 4.74 Å². The Hall–Kier alpha value is -0.370. The maximum atomic E-state index is 11.5. The first-order chi connectivity index (χ1) is 11.2. The first-order valence-electron chi connectivity index (χ1n) is 10.4. The van der Waals surface area contributed by atoms with Crippen molar-refractivity contribution in [2.24, 2.45) is 11.3 Å². The minimum Gasteiger partial charge on any atom is -0.372 e. The lowest BCUT2D eigenvalue weighted by Gasteiger charge is -2.45. The summed E-state index contributed by atoms with van der Waals surface area (Å²) in [4.78, 5) is 11.5. The molecular weight excluding hydrogens is 296 g/mol. The highest BCUT2D eigenvalue weighted by molar-refractivity contribution is 5.79. The summed E-state index contributed by atoms with van der Waals surface area (Å²) in [6.45, 7) is 13.9. The van der Waals surface area contributed by atoms with Gasteiger partial charge in [0.15, 0.2) is 0 Å². The second kappa shape index (κ2) is 9.94. The molecule has 0 bridgehead atoms. The fourth-order valence-electron chi connectivity index (χ4n) is 4.50. The highest BCUT2D eigenvalue weighted by Crippen LogP contribution is 2.42. The van der Waals surface area contributed by atoms with Crippen LogP contribution < -0.4 is 0 Å². The Kier molecular flexibility index (Phi) is 8.98. The molecule has 2 nitrogen and oxygen atoms in total. The maximum Gasteiger partial charge on any atom is 0.133 e. The fourth-order valence-corrected chi connectivity index (χ4v) is 4.50. The summed E-state index contributed by atoms with van der Waals surface area (Å²) < 4.78 is 6.56. The monoisotopic (exact) mass is 338 g/mol. The van der Waals surface area contributed by atoms with Gasteiger partial charge in [0.25, 0.3) is 0 Å². The summed E-state index contributed by atoms with van der Waals surface area (Å²) in [5.74, 6) is 0.959. The van der Waals surface area contributed by atoms with E-state index < -0.39 is 0 Å². The van der Waals surface area contributed by atoms with Crippen LogP contribution in [0.2, 0.25) is 0 Å². The predicted molar refractivity (Wildman–Crippen MR) is 103 cm³/mol. The Balaban J connectivity index is 2.53. The van der Waals surface area contributed by atoms with E-state index in [-0.39, 0.29) is 17.1 Å². The van der Waals surface area contributed by atoms with Gasteiger partial charge in [0.1, 0.15) is 5.78 Å². The minimum atomic E-state index is -0.118. The lowest BCUT2D eigenvalue weighted by atomic mass is 9.69. The first-order valence-corrected chi connectivity index (χ1v) is 10.4. The molecule has 0 N–H and O–H groups in total. The first kappa shape index (κ1) is 21.7. The molecule has 1 fully saturated rings. The molecular formula is C22H42O2. The van der Waals surface area contributed by atoms with Crippen LogP contribution in [0.1, 0.15) is 112 Å². The van der Waals surface area contributed by atoms with E-state index in [9.17, 15) is 4.79 Å². The van der Waals surface area contributed by atoms with Crippen molar-refractivity contribution >= 4 is 5.78 Å². The summed E-state index contributed by atoms with van der Waals surface area (Å²) in [6, 6.07) is 0. The lowest BCUT2D eigenvalue weighted by molar-refractivity contribution is -0.147. The van der Waals surface area contributed by atoms with E-state index in [1.807, 2.05) is 0 Å². The lowest BCUT2D eigenvalue weighted by Crippen LogP contribution is -2.45. The van der Waals surface area contributed by atoms with Crippen LogP contribution in [0, 0.1) is 11.3 Å². The molecule has 0 aromatic rings. The van der Waals surface area contributed by atoms with Gasteiger partial charge >= 0.3 is 0 Å². The molecule has 1 aliphatic rings. The van der Waals surface area contributed by atoms with E-state index in [0.717, 1.165) is 12.8 Å². The summed E-state index contributed by atoms with van der Waals surface area (Å²) in [5, 5.41) is 0. The summed E-state index contributed by atoms with van der Waals surface area (Å²) in [5.41, 5.74) is 0.129. The maximum absolute atomic E-state index is 11.5. The molecule has 0 aromatic heterocycles. The van der Waals surface area contributed by atoms with Gasteiger partial charge < -0.3 is 4.74 Å². The van der Waals surface area contributed by atoms with Gasteiger partial charge in [0.2, 0.25) is 0 Å². The zero-order chi connectivity index (χ0) is 18.2. The Morgan fingerprint density at radius 3 is 2.04 bits per heavy atom. The molecule has 0 heterocycles. The molecule has 2 heteroatoms. The number of carbonyl (C=O) groups excluding carboxylic acids is 1. The van der Waals surface area contributed by atoms with Crippen molar-refractivity contribution in [2.75, 3.05) is 0 Å². The predicted octanol–water partition coefficient (Wildman–Crippen LogP) is 6.71. The van der Waals surface area contributed by atoms with E-state index in [1.54, 1.807) is 0 Å². The van der Waals surface area contributed by atoms with Crippen LogP contribution in [0.4, 0.5) is 0 Å². The average molecular weight is 339 g/mol. The van der Waals surface area contributed by atoms with Gasteiger partial charge in [-0.15, -0.1) is 0 Å². The highest BCUT2D eigenvalue weighted by Gasteiger charge is 2.40. The molecule has 0 amide bonds. The zero-order valence-electron chi connectivity index (χ0n) is 17.2. The van der Waals surface area contributed by atoms with Crippen LogP contribution in [0.5, 0.6) is 0 Å². The molecule has 0 aromatic carbocycles. The minimum absolute atomic E-state index is 0.118. The second-order valence-corrected chi connectivity index (χ2v) is 9.43. The van der Waals surface area contributed by atoms with Crippen molar-refractivity contribution in [3.63, 3.8) is 0 Å². The molecule has 24 heavy (non-hydrogen) atoms. The van der Waals surface area contributed by atoms with E-state index in [2.05, 4.69) is 41.5 Å². The van der Waals surface area contributed by atoms with Gasteiger partial charge in [-0.05, 0) is 44.4 Å². The second-order valence-electron chi connectivity index (χ2n) is 9.43. The smallest absolute Gasteiger partial charge is 0.133 e. The molecule has 142 valence electrons. The molecule has 1 unspecified atom stereocenters. The van der Waals surface area contributed by atoms with E-state index in [1.165, 1.54) is 44.9 Å². The number of ketones is 1. The molecule has 0 saturated heterocycles. The van der Waals surface area contributed by atoms with Gasteiger partial charge in [-0.25, -0.2) is 0 Å². The highest BCUT2D eigenvalue weighted by atomic mass is 16.5. The molecule has 1 aliphatic carbocycles. The average Bonchev–Trinajstić information content (AvgIpc) is 2.47.